The first kappa shape index (κ1) is 11.3. The zero-order valence-electron chi connectivity index (χ0n) is 7.82. The van der Waals surface area contributed by atoms with Crippen molar-refractivity contribution in [3.63, 3.8) is 0 Å². The Balaban J connectivity index is 2.98. The van der Waals surface area contributed by atoms with Gasteiger partial charge in [-0.15, -0.1) is 0 Å². The van der Waals surface area contributed by atoms with Crippen molar-refractivity contribution in [3.05, 3.63) is 27.2 Å². The Hall–Kier alpha value is -0.740. The van der Waals surface area contributed by atoms with Gasteiger partial charge in [-0.1, -0.05) is 11.6 Å². The van der Waals surface area contributed by atoms with Crippen LogP contribution in [0.2, 0.25) is 5.02 Å². The fourth-order valence-corrected chi connectivity index (χ4v) is 1.65. The predicted molar refractivity (Wildman–Crippen MR) is 62.0 cm³/mol. The largest absolute Gasteiger partial charge is 0.341 e. The number of hydrogen-bond donors (Lipinski definition) is 2. The van der Waals surface area contributed by atoms with Crippen LogP contribution < -0.4 is 10.6 Å². The summed E-state index contributed by atoms with van der Waals surface area (Å²) in [5, 5.41) is 5.73. The first-order valence-electron chi connectivity index (χ1n) is 3.99. The van der Waals surface area contributed by atoms with Crippen LogP contribution in [0.25, 0.3) is 0 Å². The number of nitrogens with one attached hydrogen (secondary N) is 2. The molecule has 0 aliphatic carbocycles. The van der Waals surface area contributed by atoms with E-state index in [0.717, 1.165) is 10.0 Å². The van der Waals surface area contributed by atoms with E-state index >= 15 is 0 Å². The molecule has 1 rings (SSSR count). The number of amides is 2. The molecule has 0 atom stereocenters. The van der Waals surface area contributed by atoms with Crippen molar-refractivity contribution in [1.29, 1.82) is 0 Å². The van der Waals surface area contributed by atoms with E-state index in [4.69, 9.17) is 11.6 Å². The normalized spacial score (nSPS) is 9.71. The number of benzene rings is 1. The summed E-state index contributed by atoms with van der Waals surface area (Å²) in [5.74, 6) is 0. The average Bonchev–Trinajstić information content (AvgIpc) is 2.14. The maximum Gasteiger partial charge on any atom is 0.319 e. The van der Waals surface area contributed by atoms with Crippen LogP contribution in [-0.2, 0) is 0 Å². The summed E-state index contributed by atoms with van der Waals surface area (Å²) >= 11 is 9.26. The van der Waals surface area contributed by atoms with E-state index in [-0.39, 0.29) is 6.03 Å². The number of anilines is 1. The Kier molecular flexibility index (Phi) is 3.77. The lowest BCUT2D eigenvalue weighted by Crippen LogP contribution is -2.24. The van der Waals surface area contributed by atoms with Crippen LogP contribution in [0.4, 0.5) is 10.5 Å². The molecule has 14 heavy (non-hydrogen) atoms. The highest BCUT2D eigenvalue weighted by Gasteiger charge is 2.06. The van der Waals surface area contributed by atoms with E-state index < -0.39 is 0 Å². The third-order valence-electron chi connectivity index (χ3n) is 1.72. The zero-order chi connectivity index (χ0) is 10.7. The van der Waals surface area contributed by atoms with Crippen LogP contribution in [0.15, 0.2) is 16.6 Å². The van der Waals surface area contributed by atoms with Gasteiger partial charge in [-0.2, -0.15) is 0 Å². The molecule has 0 radical (unpaired) electrons. The minimum Gasteiger partial charge on any atom is -0.341 e. The van der Waals surface area contributed by atoms with Gasteiger partial charge in [-0.3, -0.25) is 0 Å². The van der Waals surface area contributed by atoms with E-state index in [1.54, 1.807) is 13.1 Å². The van der Waals surface area contributed by atoms with Crippen molar-refractivity contribution in [3.8, 4) is 0 Å². The number of halogens is 2. The van der Waals surface area contributed by atoms with Gasteiger partial charge >= 0.3 is 6.03 Å². The molecule has 2 N–H and O–H groups in total. The number of carbonyl (C=O) groups is 1. The molecule has 2 amide bonds. The predicted octanol–water partition coefficient (Wildman–Crippen LogP) is 3.16. The summed E-state index contributed by atoms with van der Waals surface area (Å²) < 4.78 is 0.808. The van der Waals surface area contributed by atoms with Crippen LogP contribution in [-0.4, -0.2) is 13.1 Å². The first-order chi connectivity index (χ1) is 6.54. The number of urea groups is 1. The van der Waals surface area contributed by atoms with Crippen LogP contribution >= 0.6 is 27.5 Å². The highest BCUT2D eigenvalue weighted by atomic mass is 79.9. The van der Waals surface area contributed by atoms with Gasteiger partial charge in [0.1, 0.15) is 0 Å². The molecule has 0 saturated heterocycles. The molecule has 1 aromatic carbocycles. The van der Waals surface area contributed by atoms with Gasteiger partial charge in [0.2, 0.25) is 0 Å². The van der Waals surface area contributed by atoms with Gasteiger partial charge in [0, 0.05) is 16.5 Å². The Labute approximate surface area is 96.0 Å². The summed E-state index contributed by atoms with van der Waals surface area (Å²) in [6, 6.07) is 3.29. The summed E-state index contributed by atoms with van der Waals surface area (Å²) in [6.45, 7) is 1.90. The molecule has 0 aromatic heterocycles. The lowest BCUT2D eigenvalue weighted by molar-refractivity contribution is 0.254. The smallest absolute Gasteiger partial charge is 0.319 e. The lowest BCUT2D eigenvalue weighted by Gasteiger charge is -2.08. The molecule has 76 valence electrons. The maximum atomic E-state index is 11.0. The molecule has 0 aliphatic heterocycles. The first-order valence-corrected chi connectivity index (χ1v) is 5.16. The molecule has 0 spiro atoms. The van der Waals surface area contributed by atoms with Crippen LogP contribution in [0.1, 0.15) is 5.56 Å². The molecule has 3 nitrogen and oxygen atoms in total. The molecule has 1 aromatic rings. The highest BCUT2D eigenvalue weighted by molar-refractivity contribution is 9.10. The summed E-state index contributed by atoms with van der Waals surface area (Å²) in [7, 11) is 1.55. The lowest BCUT2D eigenvalue weighted by atomic mass is 10.2. The van der Waals surface area contributed by atoms with Gasteiger partial charge in [0.05, 0.1) is 5.69 Å². The molecule has 0 bridgehead atoms. The molecule has 0 aliphatic rings. The van der Waals surface area contributed by atoms with Gasteiger partial charge in [0.15, 0.2) is 0 Å². The molecule has 0 saturated carbocycles. The Morgan fingerprint density at radius 2 is 2.14 bits per heavy atom. The van der Waals surface area contributed by atoms with Gasteiger partial charge < -0.3 is 10.6 Å². The Morgan fingerprint density at radius 1 is 1.50 bits per heavy atom. The molecule has 0 fully saturated rings. The Bertz CT molecular complexity index is 368. The van der Waals surface area contributed by atoms with E-state index in [0.29, 0.717) is 10.7 Å². The second-order valence-electron chi connectivity index (χ2n) is 2.79. The van der Waals surface area contributed by atoms with E-state index in [9.17, 15) is 4.79 Å². The molecule has 0 unspecified atom stereocenters. The van der Waals surface area contributed by atoms with Gasteiger partial charge in [0.25, 0.3) is 0 Å². The number of rotatable bonds is 1. The molecule has 5 heteroatoms. The van der Waals surface area contributed by atoms with Crippen molar-refractivity contribution < 1.29 is 4.79 Å². The fourth-order valence-electron chi connectivity index (χ4n) is 0.927. The van der Waals surface area contributed by atoms with E-state index in [1.807, 2.05) is 13.0 Å². The molecular formula is C9H10BrClN2O. The third kappa shape index (κ3) is 2.62. The summed E-state index contributed by atoms with van der Waals surface area (Å²) in [4.78, 5) is 11.0. The van der Waals surface area contributed by atoms with Crippen molar-refractivity contribution >= 4 is 39.2 Å². The van der Waals surface area contributed by atoms with Crippen molar-refractivity contribution in [2.45, 2.75) is 6.92 Å². The Morgan fingerprint density at radius 3 is 2.71 bits per heavy atom. The topological polar surface area (TPSA) is 41.1 Å². The second kappa shape index (κ2) is 4.66. The number of hydrogen-bond acceptors (Lipinski definition) is 1. The van der Waals surface area contributed by atoms with Crippen molar-refractivity contribution in [2.24, 2.45) is 0 Å². The van der Waals surface area contributed by atoms with E-state index in [2.05, 4.69) is 26.6 Å². The number of aryl methyl sites for hydroxylation is 1. The van der Waals surface area contributed by atoms with Crippen molar-refractivity contribution in [1.82, 2.24) is 5.32 Å². The minimum atomic E-state index is -0.273. The molecule has 0 heterocycles. The highest BCUT2D eigenvalue weighted by Crippen LogP contribution is 2.28. The van der Waals surface area contributed by atoms with Crippen LogP contribution in [0.3, 0.4) is 0 Å². The van der Waals surface area contributed by atoms with Crippen LogP contribution in [0, 0.1) is 6.92 Å². The van der Waals surface area contributed by atoms with Crippen molar-refractivity contribution in [2.75, 3.05) is 12.4 Å². The van der Waals surface area contributed by atoms with E-state index in [1.165, 1.54) is 0 Å². The van der Waals surface area contributed by atoms with Gasteiger partial charge in [-0.25, -0.2) is 4.79 Å². The third-order valence-corrected chi connectivity index (χ3v) is 2.79. The maximum absolute atomic E-state index is 11.0. The average molecular weight is 278 g/mol. The number of carbonyl (C=O) groups excluding carboxylic acids is 1. The quantitative estimate of drug-likeness (QED) is 0.813. The van der Waals surface area contributed by atoms with Crippen LogP contribution in [0.5, 0.6) is 0 Å². The SMILES string of the molecule is CNC(=O)Nc1cc(Cl)c(C)cc1Br. The second-order valence-corrected chi connectivity index (χ2v) is 4.05. The summed E-state index contributed by atoms with van der Waals surface area (Å²) in [6.07, 6.45) is 0. The van der Waals surface area contributed by atoms with Gasteiger partial charge in [-0.05, 0) is 40.5 Å². The minimum absolute atomic E-state index is 0.273. The zero-order valence-corrected chi connectivity index (χ0v) is 10.2. The summed E-state index contributed by atoms with van der Waals surface area (Å²) in [5.41, 5.74) is 1.61. The molecular weight excluding hydrogens is 267 g/mol. The standard InChI is InChI=1S/C9H10BrClN2O/c1-5-3-6(10)8(4-7(5)11)13-9(14)12-2/h3-4H,1-2H3,(H2,12,13,14). The fraction of sp³-hybridized carbons (Fsp3) is 0.222. The monoisotopic (exact) mass is 276 g/mol.